The summed E-state index contributed by atoms with van der Waals surface area (Å²) >= 11 is 0. The van der Waals surface area contributed by atoms with Crippen LogP contribution in [0.4, 0.5) is 0 Å². The van der Waals surface area contributed by atoms with Crippen molar-refractivity contribution in [1.29, 1.82) is 0 Å². The van der Waals surface area contributed by atoms with Crippen LogP contribution in [0, 0.1) is 0 Å². The van der Waals surface area contributed by atoms with Gasteiger partial charge >= 0.3 is 0 Å². The predicted molar refractivity (Wildman–Crippen MR) is 86.0 cm³/mol. The molecule has 2 aromatic rings. The fourth-order valence-corrected chi connectivity index (χ4v) is 3.24. The molecule has 0 aliphatic rings. The van der Waals surface area contributed by atoms with Gasteiger partial charge in [-0.1, -0.05) is 0 Å². The van der Waals surface area contributed by atoms with Crippen molar-refractivity contribution in [3.05, 3.63) is 36.4 Å². The lowest BCUT2D eigenvalue weighted by molar-refractivity contribution is 0.395. The van der Waals surface area contributed by atoms with E-state index in [0.717, 1.165) is 0 Å². The molecule has 0 atom stereocenters. The Hall–Kier alpha value is -2.26. The number of rotatable bonds is 6. The van der Waals surface area contributed by atoms with Crippen molar-refractivity contribution in [2.75, 3.05) is 28.4 Å². The molecule has 2 rings (SSSR count). The summed E-state index contributed by atoms with van der Waals surface area (Å²) in [6, 6.07) is 10.4. The van der Waals surface area contributed by atoms with E-state index in [-0.39, 0.29) is 0 Å². The van der Waals surface area contributed by atoms with Crippen LogP contribution >= 0.6 is 7.80 Å². The summed E-state index contributed by atoms with van der Waals surface area (Å²) in [4.78, 5) is 0. The van der Waals surface area contributed by atoms with Crippen molar-refractivity contribution in [2.24, 2.45) is 0 Å². The van der Waals surface area contributed by atoms with Gasteiger partial charge in [0.2, 0.25) is 0 Å². The van der Waals surface area contributed by atoms with E-state index in [2.05, 4.69) is 0 Å². The van der Waals surface area contributed by atoms with Gasteiger partial charge < -0.3 is 18.9 Å². The van der Waals surface area contributed by atoms with Crippen LogP contribution in [0.3, 0.4) is 0 Å². The van der Waals surface area contributed by atoms with Crippen molar-refractivity contribution in [1.82, 2.24) is 0 Å². The molecule has 0 aliphatic carbocycles. The number of methoxy groups -OCH3 is 4. The number of hydrogen-bond acceptors (Lipinski definition) is 5. The van der Waals surface area contributed by atoms with Crippen molar-refractivity contribution in [3.63, 3.8) is 0 Å². The van der Waals surface area contributed by atoms with E-state index in [1.54, 1.807) is 64.8 Å². The first kappa shape index (κ1) is 16.1. The molecule has 0 aliphatic heterocycles. The standard InChI is InChI=1S/C16H18O5P/c1-18-11-5-12(19-2)8-15(7-11)22(17)16-9-13(20-3)6-14(10-16)21-4/h5-10H,1-4H3. The first-order chi connectivity index (χ1) is 10.6. The molecule has 22 heavy (non-hydrogen) atoms. The molecule has 117 valence electrons. The Morgan fingerprint density at radius 1 is 0.591 bits per heavy atom. The second-order valence-electron chi connectivity index (χ2n) is 4.44. The third-order valence-corrected chi connectivity index (χ3v) is 4.60. The molecule has 0 spiro atoms. The Morgan fingerprint density at radius 3 is 1.09 bits per heavy atom. The summed E-state index contributed by atoms with van der Waals surface area (Å²) in [6.07, 6.45) is 0. The molecule has 0 aromatic heterocycles. The first-order valence-corrected chi connectivity index (χ1v) is 7.80. The van der Waals surface area contributed by atoms with Gasteiger partial charge in [-0.05, 0) is 24.3 Å². The largest absolute Gasteiger partial charge is 0.497 e. The third-order valence-electron chi connectivity index (χ3n) is 3.14. The Balaban J connectivity index is 2.47. The fourth-order valence-electron chi connectivity index (χ4n) is 1.97. The van der Waals surface area contributed by atoms with E-state index in [4.69, 9.17) is 18.9 Å². The normalized spacial score (nSPS) is 10.0. The Bertz CT molecular complexity index is 582. The Morgan fingerprint density at radius 2 is 0.864 bits per heavy atom. The average molecular weight is 321 g/mol. The number of benzene rings is 2. The zero-order valence-electron chi connectivity index (χ0n) is 13.0. The van der Waals surface area contributed by atoms with Crippen LogP contribution in [0.25, 0.3) is 0 Å². The van der Waals surface area contributed by atoms with Gasteiger partial charge in [0.25, 0.3) is 0 Å². The number of ether oxygens (including phenoxy) is 4. The van der Waals surface area contributed by atoms with E-state index in [1.165, 1.54) is 0 Å². The van der Waals surface area contributed by atoms with Gasteiger partial charge in [0.1, 0.15) is 30.8 Å². The maximum atomic E-state index is 12.8. The highest BCUT2D eigenvalue weighted by Gasteiger charge is 2.14. The molecule has 1 radical (unpaired) electrons. The van der Waals surface area contributed by atoms with Crippen molar-refractivity contribution >= 4 is 18.4 Å². The van der Waals surface area contributed by atoms with E-state index < -0.39 is 7.80 Å². The summed E-state index contributed by atoms with van der Waals surface area (Å²) in [6.45, 7) is 0. The van der Waals surface area contributed by atoms with Crippen LogP contribution in [0.1, 0.15) is 0 Å². The highest BCUT2D eigenvalue weighted by atomic mass is 31.1. The quantitative estimate of drug-likeness (QED) is 0.765. The van der Waals surface area contributed by atoms with Gasteiger partial charge in [0.15, 0.2) is 0 Å². The van der Waals surface area contributed by atoms with Crippen molar-refractivity contribution in [3.8, 4) is 23.0 Å². The smallest absolute Gasteiger partial charge is 0.137 e. The minimum atomic E-state index is -1.83. The maximum Gasteiger partial charge on any atom is 0.137 e. The zero-order valence-corrected chi connectivity index (χ0v) is 13.8. The average Bonchev–Trinajstić information content (AvgIpc) is 2.59. The topological polar surface area (TPSA) is 54.0 Å². The molecule has 0 saturated carbocycles. The van der Waals surface area contributed by atoms with Gasteiger partial charge in [-0.15, -0.1) is 0 Å². The molecule has 0 saturated heterocycles. The summed E-state index contributed by atoms with van der Waals surface area (Å²) in [7, 11) is 4.39. The molecule has 0 N–H and O–H groups in total. The lowest BCUT2D eigenvalue weighted by atomic mass is 10.3. The lowest BCUT2D eigenvalue weighted by Gasteiger charge is -2.10. The molecule has 0 unspecified atom stereocenters. The van der Waals surface area contributed by atoms with Gasteiger partial charge in [-0.3, -0.25) is 4.57 Å². The van der Waals surface area contributed by atoms with Crippen molar-refractivity contribution < 1.29 is 23.5 Å². The summed E-state index contributed by atoms with van der Waals surface area (Å²) in [5, 5.41) is 1.23. The van der Waals surface area contributed by atoms with Crippen molar-refractivity contribution in [2.45, 2.75) is 0 Å². The molecule has 0 bridgehead atoms. The maximum absolute atomic E-state index is 12.8. The number of hydrogen-bond donors (Lipinski definition) is 0. The lowest BCUT2D eigenvalue weighted by Crippen LogP contribution is -2.09. The molecule has 6 heteroatoms. The van der Waals surface area contributed by atoms with Gasteiger partial charge in [-0.25, -0.2) is 0 Å². The van der Waals surface area contributed by atoms with E-state index in [1.807, 2.05) is 0 Å². The van der Waals surface area contributed by atoms with Crippen LogP contribution in [0.5, 0.6) is 23.0 Å². The minimum Gasteiger partial charge on any atom is -0.497 e. The van der Waals surface area contributed by atoms with Crippen LogP contribution in [-0.2, 0) is 4.57 Å². The second kappa shape index (κ2) is 7.14. The SMILES string of the molecule is COc1cc(OC)cc([P](=O)c2cc(OC)cc(OC)c2)c1. The highest BCUT2D eigenvalue weighted by molar-refractivity contribution is 7.61. The minimum absolute atomic E-state index is 0.590. The molecular weight excluding hydrogens is 303 g/mol. The Kier molecular flexibility index (Phi) is 5.23. The Labute approximate surface area is 130 Å². The molecule has 0 heterocycles. The fraction of sp³-hybridized carbons (Fsp3) is 0.250. The third kappa shape index (κ3) is 3.49. The van der Waals surface area contributed by atoms with Crippen LogP contribution in [-0.4, -0.2) is 28.4 Å². The predicted octanol–water partition coefficient (Wildman–Crippen LogP) is 2.50. The zero-order chi connectivity index (χ0) is 16.1. The van der Waals surface area contributed by atoms with Gasteiger partial charge in [-0.2, -0.15) is 0 Å². The molecule has 0 amide bonds. The summed E-state index contributed by atoms with van der Waals surface area (Å²) in [5.41, 5.74) is 0. The van der Waals surface area contributed by atoms with Crippen LogP contribution < -0.4 is 29.6 Å². The molecule has 5 nitrogen and oxygen atoms in total. The molecular formula is C16H18O5P. The van der Waals surface area contributed by atoms with E-state index in [0.29, 0.717) is 33.6 Å². The summed E-state index contributed by atoms with van der Waals surface area (Å²) in [5.74, 6) is 2.36. The molecule has 2 aromatic carbocycles. The first-order valence-electron chi connectivity index (χ1n) is 6.54. The van der Waals surface area contributed by atoms with Gasteiger partial charge in [0, 0.05) is 22.7 Å². The monoisotopic (exact) mass is 321 g/mol. The summed E-state index contributed by atoms with van der Waals surface area (Å²) < 4.78 is 33.7. The van der Waals surface area contributed by atoms with E-state index in [9.17, 15) is 4.57 Å². The van der Waals surface area contributed by atoms with E-state index >= 15 is 0 Å². The molecule has 0 fully saturated rings. The van der Waals surface area contributed by atoms with Gasteiger partial charge in [0.05, 0.1) is 28.4 Å². The second-order valence-corrected chi connectivity index (χ2v) is 6.06. The van der Waals surface area contributed by atoms with Crippen LogP contribution in [0.2, 0.25) is 0 Å². The highest BCUT2D eigenvalue weighted by Crippen LogP contribution is 2.29. The van der Waals surface area contributed by atoms with Crippen LogP contribution in [0.15, 0.2) is 36.4 Å².